The molecule has 0 spiro atoms. The minimum Gasteiger partial charge on any atom is -0.369 e. The van der Waals surface area contributed by atoms with Crippen LogP contribution in [-0.2, 0) is 6.54 Å². The van der Waals surface area contributed by atoms with E-state index in [0.717, 1.165) is 11.3 Å². The Labute approximate surface area is 119 Å². The topological polar surface area (TPSA) is 69.9 Å². The summed E-state index contributed by atoms with van der Waals surface area (Å²) in [5.74, 6) is 0.499. The van der Waals surface area contributed by atoms with Gasteiger partial charge in [0.1, 0.15) is 11.6 Å². The number of nitrogens with zero attached hydrogens (tertiary/aromatic N) is 3. The van der Waals surface area contributed by atoms with Gasteiger partial charge in [-0.05, 0) is 19.9 Å². The molecule has 0 bridgehead atoms. The number of aryl methyl sites for hydroxylation is 2. The van der Waals surface area contributed by atoms with Crippen molar-refractivity contribution in [2.45, 2.75) is 20.4 Å². The zero-order valence-corrected chi connectivity index (χ0v) is 11.7. The van der Waals surface area contributed by atoms with Crippen LogP contribution in [0.1, 0.15) is 17.0 Å². The minimum absolute atomic E-state index is 0.0273. The quantitative estimate of drug-likeness (QED) is 0.788. The maximum Gasteiger partial charge on any atom is 0.201 e. The van der Waals surface area contributed by atoms with Gasteiger partial charge in [-0.2, -0.15) is 0 Å². The van der Waals surface area contributed by atoms with Crippen LogP contribution in [-0.4, -0.2) is 14.7 Å². The van der Waals surface area contributed by atoms with Crippen molar-refractivity contribution in [1.82, 2.24) is 14.7 Å². The number of nitrogens with two attached hydrogens (primary N) is 1. The molecule has 0 atom stereocenters. The summed E-state index contributed by atoms with van der Waals surface area (Å²) in [5.41, 5.74) is 8.73. The summed E-state index contributed by atoms with van der Waals surface area (Å²) in [7, 11) is 0. The molecule has 104 valence electrons. The first-order valence-electron chi connectivity index (χ1n) is 6.00. The molecule has 0 aliphatic heterocycles. The van der Waals surface area contributed by atoms with Crippen LogP contribution in [0.2, 0.25) is 5.02 Å². The molecule has 0 fully saturated rings. The summed E-state index contributed by atoms with van der Waals surface area (Å²) in [6.07, 6.45) is 0. The fourth-order valence-electron chi connectivity index (χ4n) is 2.19. The number of imidazole rings is 1. The average molecular weight is 295 g/mol. The van der Waals surface area contributed by atoms with Crippen molar-refractivity contribution in [1.29, 1.82) is 0 Å². The molecule has 5 nitrogen and oxygen atoms in total. The highest BCUT2D eigenvalue weighted by molar-refractivity contribution is 6.31. The molecule has 1 aromatic carbocycles. The predicted octanol–water partition coefficient (Wildman–Crippen LogP) is 3.06. The molecule has 0 saturated carbocycles. The smallest absolute Gasteiger partial charge is 0.201 e. The van der Waals surface area contributed by atoms with Crippen molar-refractivity contribution in [2.75, 3.05) is 5.73 Å². The molecule has 0 aliphatic rings. The third-order valence-corrected chi connectivity index (χ3v) is 3.61. The lowest BCUT2D eigenvalue weighted by molar-refractivity contribution is 0.392. The van der Waals surface area contributed by atoms with Gasteiger partial charge in [0.25, 0.3) is 0 Å². The Morgan fingerprint density at radius 1 is 1.40 bits per heavy atom. The van der Waals surface area contributed by atoms with Gasteiger partial charge in [-0.3, -0.25) is 0 Å². The number of fused-ring (bicyclic) bond motifs is 1. The molecular formula is C13H12ClFN4O. The minimum atomic E-state index is -0.501. The Kier molecular flexibility index (Phi) is 2.90. The van der Waals surface area contributed by atoms with Crippen molar-refractivity contribution < 1.29 is 8.91 Å². The predicted molar refractivity (Wildman–Crippen MR) is 74.2 cm³/mol. The van der Waals surface area contributed by atoms with Crippen LogP contribution in [0.3, 0.4) is 0 Å². The van der Waals surface area contributed by atoms with Crippen molar-refractivity contribution >= 4 is 28.6 Å². The molecule has 7 heteroatoms. The third-order valence-electron chi connectivity index (χ3n) is 3.32. The van der Waals surface area contributed by atoms with Crippen LogP contribution in [0, 0.1) is 19.7 Å². The molecular weight excluding hydrogens is 283 g/mol. The van der Waals surface area contributed by atoms with Gasteiger partial charge in [-0.15, -0.1) is 0 Å². The van der Waals surface area contributed by atoms with Crippen LogP contribution in [0.15, 0.2) is 16.7 Å². The van der Waals surface area contributed by atoms with E-state index >= 15 is 0 Å². The maximum absolute atomic E-state index is 13.6. The standard InChI is InChI=1S/C13H12ClFN4O/c1-6-8(7(2)20-18-6)5-19-12-4-10(15)9(14)3-11(12)17-13(19)16/h3-4H,5H2,1-2H3,(H2,16,17). The van der Waals surface area contributed by atoms with Gasteiger partial charge < -0.3 is 14.8 Å². The molecule has 2 aromatic heterocycles. The highest BCUT2D eigenvalue weighted by Crippen LogP contribution is 2.26. The zero-order chi connectivity index (χ0) is 14.4. The Morgan fingerprint density at radius 3 is 2.80 bits per heavy atom. The Bertz CT molecular complexity index is 789. The number of aromatic nitrogens is 3. The summed E-state index contributed by atoms with van der Waals surface area (Å²) in [4.78, 5) is 4.19. The molecule has 2 heterocycles. The molecule has 0 radical (unpaired) electrons. The summed E-state index contributed by atoms with van der Waals surface area (Å²) < 4.78 is 20.5. The van der Waals surface area contributed by atoms with Gasteiger partial charge in [0.2, 0.25) is 5.95 Å². The third kappa shape index (κ3) is 1.92. The number of hydrogen-bond donors (Lipinski definition) is 1. The zero-order valence-electron chi connectivity index (χ0n) is 10.9. The first-order chi connectivity index (χ1) is 9.47. The van der Waals surface area contributed by atoms with E-state index in [9.17, 15) is 4.39 Å². The number of hydrogen-bond acceptors (Lipinski definition) is 4. The Morgan fingerprint density at radius 2 is 2.15 bits per heavy atom. The fourth-order valence-corrected chi connectivity index (χ4v) is 2.35. The number of nitrogen functional groups attached to an aromatic ring is 1. The number of halogens is 2. The van der Waals surface area contributed by atoms with Crippen molar-refractivity contribution in [3.63, 3.8) is 0 Å². The first kappa shape index (κ1) is 12.9. The SMILES string of the molecule is Cc1noc(C)c1Cn1c(N)nc2cc(Cl)c(F)cc21. The van der Waals surface area contributed by atoms with Crippen LogP contribution in [0.5, 0.6) is 0 Å². The van der Waals surface area contributed by atoms with Crippen molar-refractivity contribution in [3.05, 3.63) is 40.0 Å². The van der Waals surface area contributed by atoms with E-state index < -0.39 is 5.82 Å². The lowest BCUT2D eigenvalue weighted by atomic mass is 10.2. The fraction of sp³-hybridized carbons (Fsp3) is 0.231. The van der Waals surface area contributed by atoms with Gasteiger partial charge in [0.05, 0.1) is 28.3 Å². The van der Waals surface area contributed by atoms with Crippen LogP contribution < -0.4 is 5.73 Å². The van der Waals surface area contributed by atoms with E-state index in [4.69, 9.17) is 21.9 Å². The molecule has 0 saturated heterocycles. The van der Waals surface area contributed by atoms with E-state index in [-0.39, 0.29) is 5.02 Å². The molecule has 3 aromatic rings. The van der Waals surface area contributed by atoms with Crippen LogP contribution in [0.25, 0.3) is 11.0 Å². The second-order valence-corrected chi connectivity index (χ2v) is 5.02. The van der Waals surface area contributed by atoms with Gasteiger partial charge in [-0.25, -0.2) is 9.37 Å². The Balaban J connectivity index is 2.16. The summed E-state index contributed by atoms with van der Waals surface area (Å²) in [5, 5.41) is 3.92. The van der Waals surface area contributed by atoms with Crippen molar-refractivity contribution in [3.8, 4) is 0 Å². The molecule has 20 heavy (non-hydrogen) atoms. The molecule has 0 aliphatic carbocycles. The van der Waals surface area contributed by atoms with E-state index in [2.05, 4.69) is 10.1 Å². The summed E-state index contributed by atoms with van der Waals surface area (Å²) in [6, 6.07) is 2.80. The largest absolute Gasteiger partial charge is 0.369 e. The van der Waals surface area contributed by atoms with Crippen LogP contribution >= 0.6 is 11.6 Å². The monoisotopic (exact) mass is 294 g/mol. The molecule has 0 amide bonds. The van der Waals surface area contributed by atoms with E-state index in [0.29, 0.717) is 29.3 Å². The maximum atomic E-state index is 13.6. The number of anilines is 1. The van der Waals surface area contributed by atoms with Crippen molar-refractivity contribution in [2.24, 2.45) is 0 Å². The first-order valence-corrected chi connectivity index (χ1v) is 6.37. The van der Waals surface area contributed by atoms with Gasteiger partial charge in [0.15, 0.2) is 0 Å². The van der Waals surface area contributed by atoms with Gasteiger partial charge in [0, 0.05) is 11.6 Å². The van der Waals surface area contributed by atoms with E-state index in [1.54, 1.807) is 4.57 Å². The van der Waals surface area contributed by atoms with Gasteiger partial charge >= 0.3 is 0 Å². The lowest BCUT2D eigenvalue weighted by Crippen LogP contribution is -2.06. The number of benzene rings is 1. The van der Waals surface area contributed by atoms with E-state index in [1.807, 2.05) is 13.8 Å². The highest BCUT2D eigenvalue weighted by atomic mass is 35.5. The summed E-state index contributed by atoms with van der Waals surface area (Å²) >= 11 is 5.75. The Hall–Kier alpha value is -2.08. The van der Waals surface area contributed by atoms with E-state index in [1.165, 1.54) is 12.1 Å². The molecule has 2 N–H and O–H groups in total. The molecule has 3 rings (SSSR count). The average Bonchev–Trinajstić information content (AvgIpc) is 2.85. The number of rotatable bonds is 2. The second kappa shape index (κ2) is 4.49. The lowest BCUT2D eigenvalue weighted by Gasteiger charge is -2.06. The normalized spacial score (nSPS) is 11.4. The highest BCUT2D eigenvalue weighted by Gasteiger charge is 2.16. The van der Waals surface area contributed by atoms with Crippen LogP contribution in [0.4, 0.5) is 10.3 Å². The second-order valence-electron chi connectivity index (χ2n) is 4.61. The molecule has 0 unspecified atom stereocenters. The summed E-state index contributed by atoms with van der Waals surface area (Å²) in [6.45, 7) is 4.09. The van der Waals surface area contributed by atoms with Gasteiger partial charge in [-0.1, -0.05) is 16.8 Å².